The molecular formula is C28H33ClN2O5S. The summed E-state index contributed by atoms with van der Waals surface area (Å²) < 4.78 is 38.8. The number of amides is 1. The fraction of sp³-hybridized carbons (Fsp3) is 0.464. The highest BCUT2D eigenvalue weighted by molar-refractivity contribution is 7.90. The number of nitrogens with zero attached hydrogens (tertiary/aromatic N) is 1. The summed E-state index contributed by atoms with van der Waals surface area (Å²) in [4.78, 5) is 15.2. The van der Waals surface area contributed by atoms with Gasteiger partial charge in [0.25, 0.3) is 5.91 Å². The molecule has 2 aromatic carbocycles. The molecule has 1 amide bonds. The maximum absolute atomic E-state index is 12.9. The van der Waals surface area contributed by atoms with Gasteiger partial charge in [0, 0.05) is 29.6 Å². The highest BCUT2D eigenvalue weighted by Crippen LogP contribution is 2.41. The van der Waals surface area contributed by atoms with E-state index in [4.69, 9.17) is 21.1 Å². The van der Waals surface area contributed by atoms with E-state index in [1.54, 1.807) is 18.2 Å². The second-order valence-corrected chi connectivity index (χ2v) is 12.3. The van der Waals surface area contributed by atoms with Gasteiger partial charge in [-0.2, -0.15) is 0 Å². The van der Waals surface area contributed by atoms with Crippen LogP contribution < -0.4 is 14.4 Å². The number of aryl methyl sites for hydroxylation is 1. The van der Waals surface area contributed by atoms with Gasteiger partial charge in [-0.3, -0.25) is 4.79 Å². The van der Waals surface area contributed by atoms with Crippen molar-refractivity contribution in [2.24, 2.45) is 11.8 Å². The number of nitrogens with one attached hydrogen (secondary N) is 1. The average Bonchev–Trinajstić information content (AvgIpc) is 3.04. The van der Waals surface area contributed by atoms with Crippen molar-refractivity contribution in [2.75, 3.05) is 43.6 Å². The Morgan fingerprint density at radius 2 is 2.00 bits per heavy atom. The van der Waals surface area contributed by atoms with E-state index in [1.807, 2.05) is 18.2 Å². The molecule has 9 heteroatoms. The molecule has 2 aromatic rings. The van der Waals surface area contributed by atoms with Crippen LogP contribution in [0, 0.1) is 11.8 Å². The van der Waals surface area contributed by atoms with Crippen LogP contribution in [0.1, 0.15) is 47.2 Å². The monoisotopic (exact) mass is 544 g/mol. The van der Waals surface area contributed by atoms with Crippen molar-refractivity contribution >= 4 is 33.2 Å². The number of ether oxygens (including phenoxy) is 2. The third-order valence-electron chi connectivity index (χ3n) is 7.64. The summed E-state index contributed by atoms with van der Waals surface area (Å²) in [6.45, 7) is 4.55. The number of anilines is 1. The van der Waals surface area contributed by atoms with Gasteiger partial charge in [0.2, 0.25) is 10.0 Å². The number of hydrogen-bond donors (Lipinski definition) is 1. The van der Waals surface area contributed by atoms with Crippen LogP contribution in [0.4, 0.5) is 5.69 Å². The van der Waals surface area contributed by atoms with Crippen molar-refractivity contribution in [1.82, 2.24) is 4.72 Å². The van der Waals surface area contributed by atoms with Gasteiger partial charge in [-0.05, 0) is 72.6 Å². The van der Waals surface area contributed by atoms with E-state index >= 15 is 0 Å². The van der Waals surface area contributed by atoms with Crippen molar-refractivity contribution in [3.8, 4) is 5.75 Å². The molecule has 3 atom stereocenters. The topological polar surface area (TPSA) is 84.9 Å². The molecule has 0 spiro atoms. The summed E-state index contributed by atoms with van der Waals surface area (Å²) in [7, 11) is -3.82. The molecule has 0 saturated heterocycles. The van der Waals surface area contributed by atoms with E-state index in [0.717, 1.165) is 43.1 Å². The summed E-state index contributed by atoms with van der Waals surface area (Å²) in [6, 6.07) is 11.2. The highest BCUT2D eigenvalue weighted by atomic mass is 35.5. The molecular weight excluding hydrogens is 512 g/mol. The van der Waals surface area contributed by atoms with E-state index in [0.29, 0.717) is 30.8 Å². The third-order valence-corrected chi connectivity index (χ3v) is 9.08. The Kier molecular flexibility index (Phi) is 7.79. The van der Waals surface area contributed by atoms with E-state index < -0.39 is 15.9 Å². The van der Waals surface area contributed by atoms with Gasteiger partial charge >= 0.3 is 0 Å². The van der Waals surface area contributed by atoms with E-state index in [9.17, 15) is 13.2 Å². The fourth-order valence-corrected chi connectivity index (χ4v) is 6.47. The second kappa shape index (κ2) is 11.1. The summed E-state index contributed by atoms with van der Waals surface area (Å²) in [6.07, 6.45) is 7.31. The molecule has 7 nitrogen and oxygen atoms in total. The molecule has 1 fully saturated rings. The van der Waals surface area contributed by atoms with Crippen LogP contribution in [0.5, 0.6) is 5.75 Å². The van der Waals surface area contributed by atoms with Crippen molar-refractivity contribution in [2.45, 2.75) is 32.1 Å². The Morgan fingerprint density at radius 1 is 1.14 bits per heavy atom. The quantitative estimate of drug-likeness (QED) is 0.558. The SMILES string of the molecule is CCc1cc(Cl)ccc1[C@@H]1COc2ccc3cc2N(C1)C[C@@H]1CC[C@H]1/C=C/COCCS(=O)(=O)NC3=O. The van der Waals surface area contributed by atoms with Gasteiger partial charge in [0.1, 0.15) is 5.75 Å². The Bertz CT molecular complexity index is 1300. The van der Waals surface area contributed by atoms with Crippen molar-refractivity contribution in [3.05, 3.63) is 70.3 Å². The van der Waals surface area contributed by atoms with Gasteiger partial charge in [0.15, 0.2) is 0 Å². The molecule has 5 rings (SSSR count). The zero-order valence-electron chi connectivity index (χ0n) is 21.0. The standard InChI is InChI=1S/C28H33ClN2O5S/c1-2-19-14-24(29)8-9-25(19)23-17-31-16-22-6-5-20(22)4-3-11-35-12-13-37(33,34)30-28(32)21-7-10-27(36-18-23)26(31)15-21/h3-4,7-10,14-15,20,22-23H,2,5-6,11-13,16-18H2,1H3,(H,30,32)/b4-3+/t20-,22+,23+/m1/s1. The maximum Gasteiger partial charge on any atom is 0.264 e. The number of halogens is 1. The summed E-state index contributed by atoms with van der Waals surface area (Å²) >= 11 is 6.29. The van der Waals surface area contributed by atoms with Gasteiger partial charge in [-0.15, -0.1) is 0 Å². The fourth-order valence-electron chi connectivity index (χ4n) is 5.43. The summed E-state index contributed by atoms with van der Waals surface area (Å²) in [5.41, 5.74) is 3.53. The Hall–Kier alpha value is -2.55. The maximum atomic E-state index is 12.9. The van der Waals surface area contributed by atoms with Crippen LogP contribution in [-0.2, 0) is 21.2 Å². The largest absolute Gasteiger partial charge is 0.491 e. The lowest BCUT2D eigenvalue weighted by Crippen LogP contribution is -2.39. The Morgan fingerprint density at radius 3 is 2.78 bits per heavy atom. The molecule has 0 aromatic heterocycles. The first-order chi connectivity index (χ1) is 17.8. The van der Waals surface area contributed by atoms with Crippen LogP contribution in [0.15, 0.2) is 48.6 Å². The lowest BCUT2D eigenvalue weighted by atomic mass is 9.73. The van der Waals surface area contributed by atoms with Crippen LogP contribution in [0.2, 0.25) is 5.02 Å². The van der Waals surface area contributed by atoms with Crippen LogP contribution in [-0.4, -0.2) is 53.0 Å². The van der Waals surface area contributed by atoms with E-state index in [1.165, 1.54) is 11.1 Å². The second-order valence-electron chi connectivity index (χ2n) is 10.0. The van der Waals surface area contributed by atoms with Crippen LogP contribution >= 0.6 is 11.6 Å². The Labute approximate surface area is 223 Å². The third kappa shape index (κ3) is 5.97. The van der Waals surface area contributed by atoms with E-state index in [2.05, 4.69) is 28.7 Å². The Balaban J connectivity index is 1.52. The highest BCUT2D eigenvalue weighted by Gasteiger charge is 2.34. The molecule has 1 N–H and O–H groups in total. The van der Waals surface area contributed by atoms with Crippen LogP contribution in [0.25, 0.3) is 0 Å². The zero-order valence-corrected chi connectivity index (χ0v) is 22.6. The molecule has 2 bridgehead atoms. The normalized spacial score (nSPS) is 26.6. The molecule has 1 saturated carbocycles. The molecule has 2 aliphatic heterocycles. The predicted molar refractivity (Wildman–Crippen MR) is 145 cm³/mol. The summed E-state index contributed by atoms with van der Waals surface area (Å²) in [5, 5.41) is 0.724. The minimum atomic E-state index is -3.82. The van der Waals surface area contributed by atoms with Crippen molar-refractivity contribution < 1.29 is 22.7 Å². The number of sulfonamides is 1. The lowest BCUT2D eigenvalue weighted by molar-refractivity contribution is 0.0981. The van der Waals surface area contributed by atoms with Gasteiger partial charge in [0.05, 0.1) is 31.3 Å². The number of carbonyl (C=O) groups is 1. The molecule has 0 unspecified atom stereocenters. The van der Waals surface area contributed by atoms with Gasteiger partial charge in [-0.1, -0.05) is 36.7 Å². The molecule has 0 radical (unpaired) electrons. The molecule has 198 valence electrons. The first-order valence-electron chi connectivity index (χ1n) is 12.9. The average molecular weight is 545 g/mol. The smallest absolute Gasteiger partial charge is 0.264 e. The molecule has 1 aliphatic carbocycles. The van der Waals surface area contributed by atoms with Crippen molar-refractivity contribution in [1.29, 1.82) is 0 Å². The van der Waals surface area contributed by atoms with Gasteiger partial charge < -0.3 is 14.4 Å². The van der Waals surface area contributed by atoms with E-state index in [-0.39, 0.29) is 23.8 Å². The lowest BCUT2D eigenvalue weighted by Gasteiger charge is -2.40. The first kappa shape index (κ1) is 26.1. The van der Waals surface area contributed by atoms with Gasteiger partial charge in [-0.25, -0.2) is 13.1 Å². The van der Waals surface area contributed by atoms with Crippen LogP contribution in [0.3, 0.4) is 0 Å². The number of benzene rings is 2. The minimum absolute atomic E-state index is 0.0265. The molecule has 2 heterocycles. The van der Waals surface area contributed by atoms with Crippen molar-refractivity contribution in [3.63, 3.8) is 0 Å². The number of rotatable bonds is 2. The summed E-state index contributed by atoms with van der Waals surface area (Å²) in [5.74, 6) is 0.814. The molecule has 37 heavy (non-hydrogen) atoms. The number of carbonyl (C=O) groups excluding carboxylic acids is 1. The molecule has 3 aliphatic rings. The predicted octanol–water partition coefficient (Wildman–Crippen LogP) is 4.56. The minimum Gasteiger partial charge on any atom is -0.491 e. The zero-order chi connectivity index (χ0) is 26.0. The number of hydrogen-bond acceptors (Lipinski definition) is 6. The first-order valence-corrected chi connectivity index (χ1v) is 15.0. The number of fused-ring (bicyclic) bond motifs is 2. The number of allylic oxidation sites excluding steroid dienone is 1.